The molecule has 0 bridgehead atoms. The number of anilines is 2. The molecule has 6 nitrogen and oxygen atoms in total. The van der Waals surface area contributed by atoms with E-state index >= 15 is 0 Å². The molecule has 1 aromatic heterocycles. The lowest BCUT2D eigenvalue weighted by Gasteiger charge is -2.19. The van der Waals surface area contributed by atoms with E-state index in [-0.39, 0.29) is 5.91 Å². The minimum Gasteiger partial charge on any atom is -0.372 e. The van der Waals surface area contributed by atoms with E-state index in [1.54, 1.807) is 0 Å². The summed E-state index contributed by atoms with van der Waals surface area (Å²) in [5.74, 6) is 1.75. The van der Waals surface area contributed by atoms with Crippen molar-refractivity contribution >= 4 is 29.0 Å². The predicted molar refractivity (Wildman–Crippen MR) is 125 cm³/mol. The fraction of sp³-hybridized carbons (Fsp3) is 0.375. The number of thioether (sulfide) groups is 1. The highest BCUT2D eigenvalue weighted by Gasteiger charge is 2.31. The first kappa shape index (κ1) is 20.1. The Morgan fingerprint density at radius 2 is 1.84 bits per heavy atom. The van der Waals surface area contributed by atoms with Crippen LogP contribution in [0.3, 0.4) is 0 Å². The molecular weight excluding hydrogens is 406 g/mol. The van der Waals surface area contributed by atoms with Crippen molar-refractivity contribution in [1.82, 2.24) is 14.8 Å². The minimum absolute atomic E-state index is 0.0300. The molecule has 160 valence electrons. The Kier molecular flexibility index (Phi) is 5.68. The van der Waals surface area contributed by atoms with Crippen LogP contribution in [-0.2, 0) is 4.79 Å². The number of carbonyl (C=O) groups is 1. The fourth-order valence-corrected chi connectivity index (χ4v) is 4.84. The average molecular weight is 434 g/mol. The highest BCUT2D eigenvalue weighted by atomic mass is 32.2. The van der Waals surface area contributed by atoms with Gasteiger partial charge in [-0.15, -0.1) is 10.2 Å². The smallest absolute Gasteiger partial charge is 0.234 e. The standard InChI is InChI=1S/C24H27N5OS/c1-17-15-20(28-13-5-6-14-28)11-12-21(17)25-22(30)16-31-24-27-26-23(18-9-10-18)29(24)19-7-3-2-4-8-19/h2-4,7-8,11-12,15,18H,5-6,9-10,13-14,16H2,1H3,(H,25,30). The maximum atomic E-state index is 12.7. The van der Waals surface area contributed by atoms with Gasteiger partial charge in [0.2, 0.25) is 5.91 Å². The molecule has 0 unspecified atom stereocenters. The second kappa shape index (κ2) is 8.75. The molecule has 1 aliphatic heterocycles. The molecule has 1 saturated heterocycles. The molecule has 31 heavy (non-hydrogen) atoms. The molecule has 2 fully saturated rings. The Bertz CT molecular complexity index is 1070. The zero-order valence-electron chi connectivity index (χ0n) is 17.8. The predicted octanol–water partition coefficient (Wildman–Crippen LogP) is 4.78. The van der Waals surface area contributed by atoms with Crippen LogP contribution in [0.25, 0.3) is 5.69 Å². The number of amides is 1. The molecular formula is C24H27N5OS. The van der Waals surface area contributed by atoms with E-state index in [4.69, 9.17) is 0 Å². The summed E-state index contributed by atoms with van der Waals surface area (Å²) in [7, 11) is 0. The van der Waals surface area contributed by atoms with Crippen LogP contribution in [0.5, 0.6) is 0 Å². The molecule has 2 aromatic carbocycles. The van der Waals surface area contributed by atoms with Gasteiger partial charge in [-0.3, -0.25) is 9.36 Å². The first-order chi connectivity index (χ1) is 15.2. The van der Waals surface area contributed by atoms with Gasteiger partial charge >= 0.3 is 0 Å². The van der Waals surface area contributed by atoms with Gasteiger partial charge in [0.1, 0.15) is 5.82 Å². The van der Waals surface area contributed by atoms with Crippen LogP contribution < -0.4 is 10.2 Å². The number of benzene rings is 2. The van der Waals surface area contributed by atoms with Gasteiger partial charge in [0.05, 0.1) is 5.75 Å². The van der Waals surface area contributed by atoms with Gasteiger partial charge in [-0.2, -0.15) is 0 Å². The van der Waals surface area contributed by atoms with E-state index in [2.05, 4.69) is 56.2 Å². The largest absolute Gasteiger partial charge is 0.372 e. The van der Waals surface area contributed by atoms with Gasteiger partial charge in [0, 0.05) is 36.1 Å². The van der Waals surface area contributed by atoms with Gasteiger partial charge in [-0.05, 0) is 68.5 Å². The van der Waals surface area contributed by atoms with Gasteiger partial charge in [0.25, 0.3) is 0 Å². The van der Waals surface area contributed by atoms with Gasteiger partial charge < -0.3 is 10.2 Å². The van der Waals surface area contributed by atoms with Gasteiger partial charge in [0.15, 0.2) is 5.16 Å². The molecule has 1 N–H and O–H groups in total. The summed E-state index contributed by atoms with van der Waals surface area (Å²) in [5.41, 5.74) is 4.25. The third kappa shape index (κ3) is 4.46. The molecule has 3 aromatic rings. The average Bonchev–Trinajstić information content (AvgIpc) is 3.31. The lowest BCUT2D eigenvalue weighted by Crippen LogP contribution is -2.18. The van der Waals surface area contributed by atoms with Gasteiger partial charge in [-0.25, -0.2) is 0 Å². The van der Waals surface area contributed by atoms with E-state index in [0.717, 1.165) is 53.9 Å². The molecule has 7 heteroatoms. The number of aryl methyl sites for hydroxylation is 1. The first-order valence-corrected chi connectivity index (χ1v) is 12.0. The molecule has 1 amide bonds. The Morgan fingerprint density at radius 1 is 1.06 bits per heavy atom. The van der Waals surface area contributed by atoms with Crippen molar-refractivity contribution in [3.8, 4) is 5.69 Å². The number of aromatic nitrogens is 3. The Balaban J connectivity index is 1.26. The second-order valence-corrected chi connectivity index (χ2v) is 9.26. The molecule has 0 spiro atoms. The van der Waals surface area contributed by atoms with Crippen molar-refractivity contribution in [1.29, 1.82) is 0 Å². The Hall–Kier alpha value is -2.80. The SMILES string of the molecule is Cc1cc(N2CCCC2)ccc1NC(=O)CSc1nnc(C2CC2)n1-c1ccccc1. The molecule has 2 heterocycles. The zero-order chi connectivity index (χ0) is 21.2. The van der Waals surface area contributed by atoms with E-state index in [1.165, 1.54) is 30.3 Å². The monoisotopic (exact) mass is 433 g/mol. The number of carbonyl (C=O) groups excluding carboxylic acids is 1. The number of hydrogen-bond acceptors (Lipinski definition) is 5. The van der Waals surface area contributed by atoms with Gasteiger partial charge in [-0.1, -0.05) is 30.0 Å². The number of para-hydroxylation sites is 1. The Labute approximate surface area is 187 Å². The summed E-state index contributed by atoms with van der Waals surface area (Å²) in [4.78, 5) is 15.1. The van der Waals surface area contributed by atoms with Crippen LogP contribution >= 0.6 is 11.8 Å². The van der Waals surface area contributed by atoms with Crippen LogP contribution in [-0.4, -0.2) is 39.5 Å². The fourth-order valence-electron chi connectivity index (χ4n) is 4.08. The lowest BCUT2D eigenvalue weighted by atomic mass is 10.1. The van der Waals surface area contributed by atoms with E-state index in [0.29, 0.717) is 11.7 Å². The third-order valence-electron chi connectivity index (χ3n) is 5.90. The topological polar surface area (TPSA) is 63.1 Å². The van der Waals surface area contributed by atoms with E-state index in [1.807, 2.05) is 24.3 Å². The quantitative estimate of drug-likeness (QED) is 0.543. The summed E-state index contributed by atoms with van der Waals surface area (Å²) >= 11 is 1.43. The van der Waals surface area contributed by atoms with E-state index in [9.17, 15) is 4.79 Å². The first-order valence-electron chi connectivity index (χ1n) is 11.0. The summed E-state index contributed by atoms with van der Waals surface area (Å²) in [5, 5.41) is 12.7. The number of rotatable bonds is 7. The van der Waals surface area contributed by atoms with E-state index < -0.39 is 0 Å². The van der Waals surface area contributed by atoms with Crippen molar-refractivity contribution in [2.75, 3.05) is 29.1 Å². The van der Waals surface area contributed by atoms with Crippen molar-refractivity contribution in [3.05, 3.63) is 59.9 Å². The summed E-state index contributed by atoms with van der Waals surface area (Å²) < 4.78 is 2.10. The highest BCUT2D eigenvalue weighted by molar-refractivity contribution is 7.99. The van der Waals surface area contributed by atoms with Crippen LogP contribution in [0, 0.1) is 6.92 Å². The number of nitrogens with zero attached hydrogens (tertiary/aromatic N) is 4. The molecule has 1 saturated carbocycles. The molecule has 1 aliphatic carbocycles. The maximum absolute atomic E-state index is 12.7. The molecule has 5 rings (SSSR count). The van der Waals surface area contributed by atoms with Crippen LogP contribution in [0.2, 0.25) is 0 Å². The van der Waals surface area contributed by atoms with Crippen LogP contribution in [0.15, 0.2) is 53.7 Å². The normalized spacial score (nSPS) is 16.0. The number of nitrogens with one attached hydrogen (secondary N) is 1. The van der Waals surface area contributed by atoms with Crippen molar-refractivity contribution in [3.63, 3.8) is 0 Å². The number of hydrogen-bond donors (Lipinski definition) is 1. The second-order valence-electron chi connectivity index (χ2n) is 8.32. The van der Waals surface area contributed by atoms with Crippen LogP contribution in [0.1, 0.15) is 43.0 Å². The van der Waals surface area contributed by atoms with Crippen molar-refractivity contribution < 1.29 is 4.79 Å². The van der Waals surface area contributed by atoms with Crippen LogP contribution in [0.4, 0.5) is 11.4 Å². The summed E-state index contributed by atoms with van der Waals surface area (Å²) in [6.07, 6.45) is 4.82. The maximum Gasteiger partial charge on any atom is 0.234 e. The minimum atomic E-state index is -0.0300. The summed E-state index contributed by atoms with van der Waals surface area (Å²) in [6, 6.07) is 16.4. The van der Waals surface area contributed by atoms with Crippen molar-refractivity contribution in [2.24, 2.45) is 0 Å². The highest BCUT2D eigenvalue weighted by Crippen LogP contribution is 2.41. The summed E-state index contributed by atoms with van der Waals surface area (Å²) in [6.45, 7) is 4.29. The zero-order valence-corrected chi connectivity index (χ0v) is 18.6. The lowest BCUT2D eigenvalue weighted by molar-refractivity contribution is -0.113. The molecule has 0 atom stereocenters. The Morgan fingerprint density at radius 3 is 2.55 bits per heavy atom. The third-order valence-corrected chi connectivity index (χ3v) is 6.83. The molecule has 2 aliphatic rings. The van der Waals surface area contributed by atoms with Crippen molar-refractivity contribution in [2.45, 2.75) is 43.7 Å². The molecule has 0 radical (unpaired) electrons.